The van der Waals surface area contributed by atoms with E-state index in [9.17, 15) is 8.42 Å². The molecule has 1 aromatic rings. The molecule has 1 saturated heterocycles. The van der Waals surface area contributed by atoms with Crippen molar-refractivity contribution in [2.75, 3.05) is 33.2 Å². The summed E-state index contributed by atoms with van der Waals surface area (Å²) in [6.45, 7) is 2.42. The second-order valence-corrected chi connectivity index (χ2v) is 5.59. The number of nitrogens with zero attached hydrogens (tertiary/aromatic N) is 2. The van der Waals surface area contributed by atoms with Gasteiger partial charge in [-0.05, 0) is 19.2 Å². The lowest BCUT2D eigenvalue weighted by Gasteiger charge is -2.30. The van der Waals surface area contributed by atoms with E-state index in [2.05, 4.69) is 4.90 Å². The minimum atomic E-state index is -3.65. The van der Waals surface area contributed by atoms with Crippen molar-refractivity contribution in [3.8, 4) is 5.75 Å². The SMILES string of the molecule is CN1CCN(S(=O)(=O)Oc2ccccc2)CC1. The van der Waals surface area contributed by atoms with Crippen LogP contribution in [-0.2, 0) is 10.3 Å². The average Bonchev–Trinajstić information content (AvgIpc) is 2.30. The summed E-state index contributed by atoms with van der Waals surface area (Å²) >= 11 is 0. The van der Waals surface area contributed by atoms with E-state index in [1.54, 1.807) is 24.3 Å². The number of piperazine rings is 1. The van der Waals surface area contributed by atoms with Crippen LogP contribution in [0.15, 0.2) is 30.3 Å². The van der Waals surface area contributed by atoms with Gasteiger partial charge in [0.25, 0.3) is 0 Å². The quantitative estimate of drug-likeness (QED) is 0.793. The zero-order chi connectivity index (χ0) is 12.3. The molecule has 5 nitrogen and oxygen atoms in total. The molecule has 0 spiro atoms. The van der Waals surface area contributed by atoms with Gasteiger partial charge in [-0.3, -0.25) is 0 Å². The van der Waals surface area contributed by atoms with Gasteiger partial charge in [-0.15, -0.1) is 0 Å². The van der Waals surface area contributed by atoms with E-state index < -0.39 is 10.3 Å². The van der Waals surface area contributed by atoms with Crippen LogP contribution in [0.2, 0.25) is 0 Å². The Morgan fingerprint density at radius 3 is 2.24 bits per heavy atom. The van der Waals surface area contributed by atoms with Gasteiger partial charge in [0.15, 0.2) is 0 Å². The maximum atomic E-state index is 11.9. The van der Waals surface area contributed by atoms with Crippen LogP contribution in [0, 0.1) is 0 Å². The number of benzene rings is 1. The summed E-state index contributed by atoms with van der Waals surface area (Å²) in [6, 6.07) is 8.57. The highest BCUT2D eigenvalue weighted by Gasteiger charge is 2.27. The van der Waals surface area contributed by atoms with E-state index in [1.807, 2.05) is 13.1 Å². The molecule has 0 atom stereocenters. The Labute approximate surface area is 102 Å². The summed E-state index contributed by atoms with van der Waals surface area (Å²) in [6.07, 6.45) is 0. The van der Waals surface area contributed by atoms with Crippen molar-refractivity contribution >= 4 is 10.3 Å². The zero-order valence-corrected chi connectivity index (χ0v) is 10.6. The standard InChI is InChI=1S/C11H16N2O3S/c1-12-7-9-13(10-8-12)17(14,15)16-11-5-3-2-4-6-11/h2-6H,7-10H2,1H3. The predicted octanol–water partition coefficient (Wildman–Crippen LogP) is 0.558. The molecule has 0 aromatic heterocycles. The molecule has 1 aromatic carbocycles. The number of hydrogen-bond acceptors (Lipinski definition) is 4. The van der Waals surface area contributed by atoms with Crippen molar-refractivity contribution in [3.05, 3.63) is 30.3 Å². The van der Waals surface area contributed by atoms with E-state index in [-0.39, 0.29) is 0 Å². The van der Waals surface area contributed by atoms with E-state index in [4.69, 9.17) is 4.18 Å². The number of rotatable bonds is 3. The molecule has 2 rings (SSSR count). The fraction of sp³-hybridized carbons (Fsp3) is 0.455. The van der Waals surface area contributed by atoms with Crippen LogP contribution >= 0.6 is 0 Å². The lowest BCUT2D eigenvalue weighted by Crippen LogP contribution is -2.48. The second kappa shape index (κ2) is 5.03. The van der Waals surface area contributed by atoms with Crippen LogP contribution in [0.25, 0.3) is 0 Å². The van der Waals surface area contributed by atoms with Gasteiger partial charge >= 0.3 is 10.3 Å². The lowest BCUT2D eigenvalue weighted by molar-refractivity contribution is 0.212. The molecule has 0 bridgehead atoms. The molecule has 1 fully saturated rings. The summed E-state index contributed by atoms with van der Waals surface area (Å²) in [4.78, 5) is 2.09. The van der Waals surface area contributed by atoms with Crippen LogP contribution in [0.3, 0.4) is 0 Å². The molecule has 0 radical (unpaired) electrons. The Hall–Kier alpha value is -1.11. The number of likely N-dealkylation sites (N-methyl/N-ethyl adjacent to an activating group) is 1. The molecule has 6 heteroatoms. The molecule has 1 aliphatic rings. The van der Waals surface area contributed by atoms with Crippen LogP contribution in [0.5, 0.6) is 5.75 Å². The van der Waals surface area contributed by atoms with Crippen LogP contribution < -0.4 is 4.18 Å². The Balaban J connectivity index is 2.04. The lowest BCUT2D eigenvalue weighted by atomic mass is 10.3. The first-order chi connectivity index (χ1) is 8.08. The maximum Gasteiger partial charge on any atom is 0.385 e. The van der Waals surface area contributed by atoms with Crippen molar-refractivity contribution in [2.45, 2.75) is 0 Å². The summed E-state index contributed by atoms with van der Waals surface area (Å²) < 4.78 is 30.3. The Bertz CT molecular complexity index is 453. The highest BCUT2D eigenvalue weighted by Crippen LogP contribution is 2.15. The van der Waals surface area contributed by atoms with Gasteiger partial charge in [0, 0.05) is 26.2 Å². The van der Waals surface area contributed by atoms with E-state index >= 15 is 0 Å². The molecular weight excluding hydrogens is 240 g/mol. The van der Waals surface area contributed by atoms with Gasteiger partial charge in [-0.25, -0.2) is 0 Å². The van der Waals surface area contributed by atoms with Gasteiger partial charge in [0.05, 0.1) is 0 Å². The average molecular weight is 256 g/mol. The third-order valence-electron chi connectivity index (χ3n) is 2.72. The summed E-state index contributed by atoms with van der Waals surface area (Å²) in [5, 5.41) is 0. The van der Waals surface area contributed by atoms with Crippen LogP contribution in [-0.4, -0.2) is 50.8 Å². The Morgan fingerprint density at radius 1 is 1.06 bits per heavy atom. The topological polar surface area (TPSA) is 49.9 Å². The minimum Gasteiger partial charge on any atom is -0.371 e. The molecule has 1 aliphatic heterocycles. The maximum absolute atomic E-state index is 11.9. The van der Waals surface area contributed by atoms with Crippen molar-refractivity contribution in [1.29, 1.82) is 0 Å². The van der Waals surface area contributed by atoms with Crippen molar-refractivity contribution < 1.29 is 12.6 Å². The van der Waals surface area contributed by atoms with E-state index in [0.29, 0.717) is 18.8 Å². The van der Waals surface area contributed by atoms with Gasteiger partial charge in [0.2, 0.25) is 0 Å². The molecule has 0 saturated carbocycles. The molecule has 94 valence electrons. The van der Waals surface area contributed by atoms with Crippen molar-refractivity contribution in [2.24, 2.45) is 0 Å². The first-order valence-corrected chi connectivity index (χ1v) is 6.87. The molecule has 1 heterocycles. The second-order valence-electron chi connectivity index (χ2n) is 4.06. The fourth-order valence-electron chi connectivity index (χ4n) is 1.66. The van der Waals surface area contributed by atoms with E-state index in [0.717, 1.165) is 13.1 Å². The normalized spacial score (nSPS) is 19.1. The van der Waals surface area contributed by atoms with E-state index in [1.165, 1.54) is 4.31 Å². The summed E-state index contributed by atoms with van der Waals surface area (Å²) in [7, 11) is -1.68. The van der Waals surface area contributed by atoms with Gasteiger partial charge in [-0.2, -0.15) is 12.7 Å². The Morgan fingerprint density at radius 2 is 1.65 bits per heavy atom. The first kappa shape index (κ1) is 12.3. The summed E-state index contributed by atoms with van der Waals surface area (Å²) in [5.41, 5.74) is 0. The number of para-hydroxylation sites is 1. The smallest absolute Gasteiger partial charge is 0.371 e. The third kappa shape index (κ3) is 3.18. The highest BCUT2D eigenvalue weighted by atomic mass is 32.2. The van der Waals surface area contributed by atoms with Gasteiger partial charge in [-0.1, -0.05) is 18.2 Å². The summed E-state index contributed by atoms with van der Waals surface area (Å²) in [5.74, 6) is 0.353. The molecular formula is C11H16N2O3S. The first-order valence-electron chi connectivity index (χ1n) is 5.51. The molecule has 0 unspecified atom stereocenters. The zero-order valence-electron chi connectivity index (χ0n) is 9.74. The van der Waals surface area contributed by atoms with Crippen LogP contribution in [0.4, 0.5) is 0 Å². The monoisotopic (exact) mass is 256 g/mol. The molecule has 0 aliphatic carbocycles. The predicted molar refractivity (Wildman–Crippen MR) is 65.1 cm³/mol. The number of hydrogen-bond donors (Lipinski definition) is 0. The van der Waals surface area contributed by atoms with Gasteiger partial charge < -0.3 is 9.08 Å². The largest absolute Gasteiger partial charge is 0.385 e. The molecule has 17 heavy (non-hydrogen) atoms. The van der Waals surface area contributed by atoms with Crippen molar-refractivity contribution in [3.63, 3.8) is 0 Å². The third-order valence-corrected chi connectivity index (χ3v) is 4.12. The highest BCUT2D eigenvalue weighted by molar-refractivity contribution is 7.84. The molecule has 0 amide bonds. The molecule has 0 N–H and O–H groups in total. The van der Waals surface area contributed by atoms with Gasteiger partial charge in [0.1, 0.15) is 5.75 Å². The minimum absolute atomic E-state index is 0.353. The van der Waals surface area contributed by atoms with Crippen molar-refractivity contribution in [1.82, 2.24) is 9.21 Å². The van der Waals surface area contributed by atoms with Crippen LogP contribution in [0.1, 0.15) is 0 Å². The Kier molecular flexibility index (Phi) is 3.66. The fourth-order valence-corrected chi connectivity index (χ4v) is 2.73.